The molecule has 2 amide bonds. The van der Waals surface area contributed by atoms with Crippen molar-refractivity contribution in [1.82, 2.24) is 15.1 Å². The van der Waals surface area contributed by atoms with E-state index in [0.29, 0.717) is 38.4 Å². The number of carbonyl (C=O) groups excluding carboxylic acids is 1. The number of hydrogen-bond acceptors (Lipinski definition) is 5. The average Bonchev–Trinajstić information content (AvgIpc) is 2.81. The minimum Gasteiger partial charge on any atom is -0.382 e. The van der Waals surface area contributed by atoms with Crippen LogP contribution >= 0.6 is 0 Å². The van der Waals surface area contributed by atoms with Gasteiger partial charge in [-0.2, -0.15) is 13.2 Å². The molecule has 0 aromatic heterocycles. The van der Waals surface area contributed by atoms with Crippen LogP contribution in [0.4, 0.5) is 29.3 Å². The van der Waals surface area contributed by atoms with Gasteiger partial charge in [-0.15, -0.1) is 0 Å². The largest absolute Gasteiger partial charge is 0.423 e. The summed E-state index contributed by atoms with van der Waals surface area (Å²) in [6, 6.07) is 2.74. The number of alkyl halides is 3. The van der Waals surface area contributed by atoms with Gasteiger partial charge < -0.3 is 20.4 Å². The second kappa shape index (κ2) is 11.7. The number of nitro groups is 1. The van der Waals surface area contributed by atoms with Crippen molar-refractivity contribution in [2.24, 2.45) is 5.92 Å². The molecule has 0 unspecified atom stereocenters. The Morgan fingerprint density at radius 1 is 1.15 bits per heavy atom. The molecule has 190 valence electrons. The van der Waals surface area contributed by atoms with E-state index in [1.165, 1.54) is 18.9 Å². The van der Waals surface area contributed by atoms with E-state index < -0.39 is 22.4 Å². The number of urea groups is 1. The number of unbranched alkanes of at least 4 members (excludes halogenated alkanes) is 1. The van der Waals surface area contributed by atoms with E-state index in [2.05, 4.69) is 22.5 Å². The van der Waals surface area contributed by atoms with E-state index in [-0.39, 0.29) is 17.8 Å². The van der Waals surface area contributed by atoms with Crippen LogP contribution in [0.3, 0.4) is 0 Å². The molecule has 3 rings (SSSR count). The number of nitrogens with one attached hydrogen (secondary N) is 2. The molecule has 1 aromatic rings. The molecule has 0 atom stereocenters. The predicted octanol–water partition coefficient (Wildman–Crippen LogP) is 4.71. The highest BCUT2D eigenvalue weighted by atomic mass is 19.4. The van der Waals surface area contributed by atoms with Crippen LogP contribution in [-0.4, -0.2) is 66.1 Å². The predicted molar refractivity (Wildman–Crippen MR) is 124 cm³/mol. The Hall–Kier alpha value is -2.56. The zero-order valence-electron chi connectivity index (χ0n) is 19.6. The highest BCUT2D eigenvalue weighted by molar-refractivity contribution is 5.74. The van der Waals surface area contributed by atoms with Crippen molar-refractivity contribution in [2.45, 2.75) is 57.7 Å². The van der Waals surface area contributed by atoms with Gasteiger partial charge in [0.25, 0.3) is 5.69 Å². The summed E-state index contributed by atoms with van der Waals surface area (Å²) >= 11 is 0. The molecule has 1 aromatic carbocycles. The minimum atomic E-state index is -4.81. The first kappa shape index (κ1) is 26.1. The zero-order valence-corrected chi connectivity index (χ0v) is 19.6. The molecule has 34 heavy (non-hydrogen) atoms. The first-order valence-electron chi connectivity index (χ1n) is 12.0. The number of hydrogen-bond donors (Lipinski definition) is 2. The molecule has 2 fully saturated rings. The van der Waals surface area contributed by atoms with Crippen LogP contribution < -0.4 is 10.6 Å². The Balaban J connectivity index is 1.42. The van der Waals surface area contributed by atoms with Gasteiger partial charge in [0.15, 0.2) is 0 Å². The first-order chi connectivity index (χ1) is 16.2. The number of halogens is 3. The monoisotopic (exact) mass is 485 g/mol. The van der Waals surface area contributed by atoms with Gasteiger partial charge in [0.2, 0.25) is 0 Å². The van der Waals surface area contributed by atoms with Gasteiger partial charge in [-0.3, -0.25) is 10.1 Å². The minimum absolute atomic E-state index is 0.0958. The number of piperidine rings is 2. The Bertz CT molecular complexity index is 836. The highest BCUT2D eigenvalue weighted by Crippen LogP contribution is 2.37. The van der Waals surface area contributed by atoms with Crippen LogP contribution in [0, 0.1) is 16.0 Å². The average molecular weight is 486 g/mol. The summed E-state index contributed by atoms with van der Waals surface area (Å²) in [6.07, 6.45) is 0.956. The molecule has 0 radical (unpaired) electrons. The quantitative estimate of drug-likeness (QED) is 0.411. The van der Waals surface area contributed by atoms with E-state index in [4.69, 9.17) is 0 Å². The number of carbonyl (C=O) groups is 1. The fraction of sp³-hybridized carbons (Fsp3) is 0.696. The van der Waals surface area contributed by atoms with Gasteiger partial charge in [-0.1, -0.05) is 13.3 Å². The van der Waals surface area contributed by atoms with E-state index in [0.717, 1.165) is 44.6 Å². The molecular weight excluding hydrogens is 451 g/mol. The maximum absolute atomic E-state index is 13.2. The maximum Gasteiger partial charge on any atom is 0.423 e. The fourth-order valence-corrected chi connectivity index (χ4v) is 4.61. The summed E-state index contributed by atoms with van der Waals surface area (Å²) in [6.45, 7) is 7.17. The Morgan fingerprint density at radius 3 is 2.41 bits per heavy atom. The number of benzene rings is 1. The summed E-state index contributed by atoms with van der Waals surface area (Å²) < 4.78 is 39.6. The second-order valence-electron chi connectivity index (χ2n) is 9.22. The van der Waals surface area contributed by atoms with Crippen molar-refractivity contribution in [1.29, 1.82) is 0 Å². The molecular formula is C23H34F3N5O3. The van der Waals surface area contributed by atoms with E-state index in [1.54, 1.807) is 4.90 Å². The lowest BCUT2D eigenvalue weighted by atomic mass is 9.96. The van der Waals surface area contributed by atoms with Crippen molar-refractivity contribution >= 4 is 17.4 Å². The smallest absolute Gasteiger partial charge is 0.382 e. The van der Waals surface area contributed by atoms with Crippen LogP contribution in [0.25, 0.3) is 0 Å². The van der Waals surface area contributed by atoms with E-state index >= 15 is 0 Å². The number of nitrogens with zero attached hydrogens (tertiary/aromatic N) is 3. The summed E-state index contributed by atoms with van der Waals surface area (Å²) in [5, 5.41) is 17.0. The number of amides is 2. The number of rotatable bonds is 8. The van der Waals surface area contributed by atoms with Gasteiger partial charge in [0.1, 0.15) is 5.56 Å². The highest BCUT2D eigenvalue weighted by Gasteiger charge is 2.38. The van der Waals surface area contributed by atoms with Crippen LogP contribution in [0.5, 0.6) is 0 Å². The summed E-state index contributed by atoms with van der Waals surface area (Å²) in [5.74, 6) is 0.492. The molecule has 8 nitrogen and oxygen atoms in total. The molecule has 2 heterocycles. The molecule has 2 aliphatic rings. The van der Waals surface area contributed by atoms with Crippen molar-refractivity contribution in [3.8, 4) is 0 Å². The summed E-state index contributed by atoms with van der Waals surface area (Å²) in [7, 11) is 0. The van der Waals surface area contributed by atoms with Gasteiger partial charge >= 0.3 is 12.2 Å². The molecule has 0 saturated carbocycles. The van der Waals surface area contributed by atoms with Crippen LogP contribution in [-0.2, 0) is 6.18 Å². The third kappa shape index (κ3) is 7.22. The topological polar surface area (TPSA) is 90.8 Å². The molecule has 0 aliphatic carbocycles. The zero-order chi connectivity index (χ0) is 24.7. The normalized spacial score (nSPS) is 18.6. The number of nitro benzene ring substituents is 1. The summed E-state index contributed by atoms with van der Waals surface area (Å²) in [5.41, 5.74) is -2.04. The molecule has 2 N–H and O–H groups in total. The van der Waals surface area contributed by atoms with Crippen LogP contribution in [0.15, 0.2) is 18.2 Å². The molecule has 0 bridgehead atoms. The Morgan fingerprint density at radius 2 is 1.82 bits per heavy atom. The van der Waals surface area contributed by atoms with Crippen molar-refractivity contribution in [3.05, 3.63) is 33.9 Å². The SMILES string of the molecule is CCCCN1CCC(CNC(=O)N2CCC(Nc3ccc([N+](=O)[O-])c(C(F)(F)F)c3)CC2)CC1. The van der Waals surface area contributed by atoms with Gasteiger partial charge in [-0.05, 0) is 69.8 Å². The standard InChI is InChI=1S/C23H34F3N5O3/c1-2-3-10-29-11-6-17(7-12-29)16-27-22(32)30-13-8-18(9-14-30)28-19-4-5-21(31(33)34)20(15-19)23(24,25)26/h4-5,15,17-18,28H,2-3,6-14,16H2,1H3,(H,27,32). The lowest BCUT2D eigenvalue weighted by Crippen LogP contribution is -2.48. The maximum atomic E-state index is 13.2. The fourth-order valence-electron chi connectivity index (χ4n) is 4.61. The number of likely N-dealkylation sites (tertiary alicyclic amines) is 2. The molecule has 0 spiro atoms. The van der Waals surface area contributed by atoms with Gasteiger partial charge in [-0.25, -0.2) is 4.79 Å². The van der Waals surface area contributed by atoms with Gasteiger partial charge in [0.05, 0.1) is 4.92 Å². The van der Waals surface area contributed by atoms with Crippen molar-refractivity contribution in [2.75, 3.05) is 44.6 Å². The van der Waals surface area contributed by atoms with E-state index in [1.807, 2.05) is 0 Å². The third-order valence-corrected chi connectivity index (χ3v) is 6.73. The second-order valence-corrected chi connectivity index (χ2v) is 9.22. The lowest BCUT2D eigenvalue weighted by Gasteiger charge is -2.34. The van der Waals surface area contributed by atoms with E-state index in [9.17, 15) is 28.1 Å². The third-order valence-electron chi connectivity index (χ3n) is 6.73. The van der Waals surface area contributed by atoms with Gasteiger partial charge in [0, 0.05) is 37.4 Å². The van der Waals surface area contributed by atoms with Crippen molar-refractivity contribution in [3.63, 3.8) is 0 Å². The molecule has 11 heteroatoms. The summed E-state index contributed by atoms with van der Waals surface area (Å²) in [4.78, 5) is 26.7. The molecule has 2 aliphatic heterocycles. The number of anilines is 1. The molecule has 2 saturated heterocycles. The van der Waals surface area contributed by atoms with Crippen molar-refractivity contribution < 1.29 is 22.9 Å². The van der Waals surface area contributed by atoms with Crippen LogP contribution in [0.1, 0.15) is 51.0 Å². The first-order valence-corrected chi connectivity index (χ1v) is 12.0. The van der Waals surface area contributed by atoms with Crippen LogP contribution in [0.2, 0.25) is 0 Å². The lowest BCUT2D eigenvalue weighted by molar-refractivity contribution is -0.388. The Kier molecular flexibility index (Phi) is 8.98. The Labute approximate surface area is 198 Å².